The van der Waals surface area contributed by atoms with Gasteiger partial charge in [-0.05, 0) is 30.5 Å². The van der Waals surface area contributed by atoms with Crippen LogP contribution in [0.25, 0.3) is 11.1 Å². The highest BCUT2D eigenvalue weighted by Gasteiger charge is 2.46. The minimum atomic E-state index is -1.18. The van der Waals surface area contributed by atoms with Crippen molar-refractivity contribution in [2.24, 2.45) is 0 Å². The number of morpholine rings is 1. The van der Waals surface area contributed by atoms with E-state index in [1.807, 2.05) is 12.1 Å². The Morgan fingerprint density at radius 3 is 2.52 bits per heavy atom. The predicted octanol–water partition coefficient (Wildman–Crippen LogP) is 3.50. The van der Waals surface area contributed by atoms with Gasteiger partial charge in [0.2, 0.25) is 5.76 Å². The summed E-state index contributed by atoms with van der Waals surface area (Å²) < 4.78 is 11.5. The molecule has 3 aromatic rings. The van der Waals surface area contributed by atoms with Crippen LogP contribution >= 0.6 is 0 Å². The van der Waals surface area contributed by atoms with E-state index < -0.39 is 5.60 Å². The summed E-state index contributed by atoms with van der Waals surface area (Å²) in [4.78, 5) is 33.6. The summed E-state index contributed by atoms with van der Waals surface area (Å²) in [5.74, 6) is -0.253. The molecule has 2 aromatic carbocycles. The highest BCUT2D eigenvalue weighted by atomic mass is 16.5. The maximum atomic E-state index is 13.4. The second-order valence-corrected chi connectivity index (χ2v) is 8.78. The van der Waals surface area contributed by atoms with Crippen molar-refractivity contribution >= 4 is 11.8 Å². The molecule has 1 aliphatic rings. The van der Waals surface area contributed by atoms with E-state index in [-0.39, 0.29) is 30.7 Å². The van der Waals surface area contributed by atoms with Crippen LogP contribution in [0.4, 0.5) is 0 Å². The number of aromatic nitrogens is 1. The number of hydrogen-bond acceptors (Lipinski definition) is 5. The van der Waals surface area contributed by atoms with Crippen LogP contribution in [0, 0.1) is 13.8 Å². The monoisotopic (exact) mass is 447 g/mol. The van der Waals surface area contributed by atoms with Crippen LogP contribution in [0.15, 0.2) is 59.3 Å². The zero-order valence-electron chi connectivity index (χ0n) is 19.5. The van der Waals surface area contributed by atoms with Crippen LogP contribution < -0.4 is 0 Å². The molecule has 7 heteroatoms. The summed E-state index contributed by atoms with van der Waals surface area (Å²) in [5, 5.41) is 0. The third kappa shape index (κ3) is 4.68. The first-order valence-electron chi connectivity index (χ1n) is 11.0. The first-order chi connectivity index (χ1) is 15.8. The fraction of sp³-hybridized carbons (Fsp3) is 0.346. The molecule has 172 valence electrons. The Bertz CT molecular complexity index is 1150. The Kier molecular flexibility index (Phi) is 6.33. The summed E-state index contributed by atoms with van der Waals surface area (Å²) in [6, 6.07) is 16.5. The van der Waals surface area contributed by atoms with E-state index in [9.17, 15) is 9.59 Å². The molecule has 0 bridgehead atoms. The number of carbonyl (C=O) groups is 2. The average Bonchev–Trinajstić information content (AvgIpc) is 3.24. The lowest BCUT2D eigenvalue weighted by Crippen LogP contribution is -2.61. The number of oxazole rings is 1. The third-order valence-electron chi connectivity index (χ3n) is 6.01. The van der Waals surface area contributed by atoms with Gasteiger partial charge in [0.25, 0.3) is 11.8 Å². The molecule has 0 aliphatic carbocycles. The number of aryl methyl sites for hydroxylation is 2. The van der Waals surface area contributed by atoms with E-state index in [0.717, 1.165) is 16.7 Å². The van der Waals surface area contributed by atoms with Gasteiger partial charge in [-0.15, -0.1) is 0 Å². The molecule has 1 atom stereocenters. The molecule has 4 rings (SSSR count). The van der Waals surface area contributed by atoms with Crippen LogP contribution in [-0.4, -0.2) is 66.0 Å². The Morgan fingerprint density at radius 2 is 1.85 bits per heavy atom. The minimum absolute atomic E-state index is 0.137. The largest absolute Gasteiger partial charge is 0.438 e. The summed E-state index contributed by atoms with van der Waals surface area (Å²) >= 11 is 0. The molecular formula is C26H29N3O4. The maximum absolute atomic E-state index is 13.4. The fourth-order valence-electron chi connectivity index (χ4n) is 4.26. The number of amides is 2. The molecule has 2 heterocycles. The number of hydrogen-bond donors (Lipinski definition) is 0. The zero-order chi connectivity index (χ0) is 23.6. The number of ether oxygens (including phenoxy) is 1. The zero-order valence-corrected chi connectivity index (χ0v) is 19.5. The lowest BCUT2D eigenvalue weighted by atomic mass is 9.89. The van der Waals surface area contributed by atoms with Crippen LogP contribution in [0.1, 0.15) is 27.4 Å². The van der Waals surface area contributed by atoms with Crippen LogP contribution in [0.2, 0.25) is 0 Å². The first-order valence-corrected chi connectivity index (χ1v) is 11.0. The molecule has 1 saturated heterocycles. The summed E-state index contributed by atoms with van der Waals surface area (Å²) in [5.41, 5.74) is 3.69. The van der Waals surface area contributed by atoms with Crippen molar-refractivity contribution in [1.82, 2.24) is 14.8 Å². The quantitative estimate of drug-likeness (QED) is 0.598. The van der Waals surface area contributed by atoms with Crippen LogP contribution in [0.5, 0.6) is 0 Å². The standard InChI is InChI=1S/C26H29N3O4/c1-18-8-10-21(11-9-18)22-7-5-6-20(14-22)15-26(25(31)28(3)4)16-29(12-13-33-26)24(30)23-19(2)27-17-32-23/h5-11,14,17H,12-13,15-16H2,1-4H3. The van der Waals surface area contributed by atoms with Gasteiger partial charge >= 0.3 is 0 Å². The normalized spacial score (nSPS) is 18.2. The van der Waals surface area contributed by atoms with Crippen molar-refractivity contribution < 1.29 is 18.7 Å². The van der Waals surface area contributed by atoms with Gasteiger partial charge in [0.15, 0.2) is 12.0 Å². The van der Waals surface area contributed by atoms with Crippen molar-refractivity contribution in [3.05, 3.63) is 77.5 Å². The Balaban J connectivity index is 1.64. The maximum Gasteiger partial charge on any atom is 0.291 e. The van der Waals surface area contributed by atoms with Crippen molar-refractivity contribution in [2.75, 3.05) is 33.8 Å². The molecule has 33 heavy (non-hydrogen) atoms. The minimum Gasteiger partial charge on any atom is -0.438 e. The second kappa shape index (κ2) is 9.19. The van der Waals surface area contributed by atoms with Gasteiger partial charge in [-0.2, -0.15) is 0 Å². The van der Waals surface area contributed by atoms with Gasteiger partial charge in [-0.3, -0.25) is 9.59 Å². The van der Waals surface area contributed by atoms with Crippen LogP contribution in [0.3, 0.4) is 0 Å². The third-order valence-corrected chi connectivity index (χ3v) is 6.01. The smallest absolute Gasteiger partial charge is 0.291 e. The Labute approximate surface area is 194 Å². The molecule has 0 saturated carbocycles. The van der Waals surface area contributed by atoms with Gasteiger partial charge < -0.3 is 19.0 Å². The van der Waals surface area contributed by atoms with Gasteiger partial charge in [-0.25, -0.2) is 4.98 Å². The molecule has 2 amide bonds. The van der Waals surface area contributed by atoms with Gasteiger partial charge in [0.05, 0.1) is 18.8 Å². The number of carbonyl (C=O) groups excluding carboxylic acids is 2. The van der Waals surface area contributed by atoms with Crippen molar-refractivity contribution in [3.8, 4) is 11.1 Å². The average molecular weight is 448 g/mol. The van der Waals surface area contributed by atoms with Gasteiger partial charge in [-0.1, -0.05) is 54.1 Å². The molecule has 1 aromatic heterocycles. The highest BCUT2D eigenvalue weighted by Crippen LogP contribution is 2.29. The molecule has 0 radical (unpaired) electrons. The van der Waals surface area contributed by atoms with E-state index in [1.165, 1.54) is 16.9 Å². The molecule has 0 spiro atoms. The molecule has 1 aliphatic heterocycles. The van der Waals surface area contributed by atoms with Gasteiger partial charge in [0, 0.05) is 27.1 Å². The number of likely N-dealkylation sites (N-methyl/N-ethyl adjacent to an activating group) is 1. The number of nitrogens with zero attached hydrogens (tertiary/aromatic N) is 3. The summed E-state index contributed by atoms with van der Waals surface area (Å²) in [6.07, 6.45) is 1.61. The second-order valence-electron chi connectivity index (χ2n) is 8.78. The van der Waals surface area contributed by atoms with Crippen molar-refractivity contribution in [3.63, 3.8) is 0 Å². The molecule has 1 unspecified atom stereocenters. The lowest BCUT2D eigenvalue weighted by Gasteiger charge is -2.42. The van der Waals surface area contributed by atoms with Crippen LogP contribution in [-0.2, 0) is 16.0 Å². The van der Waals surface area contributed by atoms with E-state index in [4.69, 9.17) is 9.15 Å². The number of benzene rings is 2. The SMILES string of the molecule is Cc1ccc(-c2cccc(CC3(C(=O)N(C)C)CN(C(=O)c4ocnc4C)CCO3)c2)cc1. The van der Waals surface area contributed by atoms with Crippen molar-refractivity contribution in [2.45, 2.75) is 25.9 Å². The number of rotatable bonds is 5. The van der Waals surface area contributed by atoms with E-state index >= 15 is 0 Å². The molecule has 7 nitrogen and oxygen atoms in total. The highest BCUT2D eigenvalue weighted by molar-refractivity contribution is 5.94. The lowest BCUT2D eigenvalue weighted by molar-refractivity contribution is -0.165. The van der Waals surface area contributed by atoms with Crippen molar-refractivity contribution in [1.29, 1.82) is 0 Å². The summed E-state index contributed by atoms with van der Waals surface area (Å²) in [6.45, 7) is 4.56. The molecule has 1 fully saturated rings. The molecular weight excluding hydrogens is 418 g/mol. The predicted molar refractivity (Wildman–Crippen MR) is 125 cm³/mol. The summed E-state index contributed by atoms with van der Waals surface area (Å²) in [7, 11) is 3.41. The van der Waals surface area contributed by atoms with Gasteiger partial charge in [0.1, 0.15) is 0 Å². The topological polar surface area (TPSA) is 75.9 Å². The Hall–Kier alpha value is -3.45. The van der Waals surface area contributed by atoms with E-state index in [0.29, 0.717) is 18.7 Å². The first kappa shape index (κ1) is 22.7. The Morgan fingerprint density at radius 1 is 1.09 bits per heavy atom. The van der Waals surface area contributed by atoms with E-state index in [1.54, 1.807) is 25.9 Å². The molecule has 0 N–H and O–H groups in total. The fourth-order valence-corrected chi connectivity index (χ4v) is 4.26. The van der Waals surface area contributed by atoms with E-state index in [2.05, 4.69) is 48.3 Å².